The molecule has 0 saturated carbocycles. The Morgan fingerprint density at radius 3 is 2.40 bits per heavy atom. The molecule has 25 heavy (non-hydrogen) atoms. The molecule has 0 aliphatic carbocycles. The first-order valence-corrected chi connectivity index (χ1v) is 8.60. The third-order valence-electron chi connectivity index (χ3n) is 3.28. The summed E-state index contributed by atoms with van der Waals surface area (Å²) in [4.78, 5) is 10.7. The SMILES string of the molecule is COc1ccc(S(=O)(=O)Nc2ccccc2C=CC(=O)O)cc1OC. The number of aliphatic carboxylic acids is 1. The number of carboxylic acid groups (broad SMARTS) is 1. The number of hydrogen-bond donors (Lipinski definition) is 2. The quantitative estimate of drug-likeness (QED) is 0.733. The van der Waals surface area contributed by atoms with Gasteiger partial charge in [-0.3, -0.25) is 4.72 Å². The van der Waals surface area contributed by atoms with Gasteiger partial charge in [0.1, 0.15) is 0 Å². The van der Waals surface area contributed by atoms with Gasteiger partial charge in [-0.15, -0.1) is 0 Å². The molecule has 2 N–H and O–H groups in total. The lowest BCUT2D eigenvalue weighted by Crippen LogP contribution is -2.14. The van der Waals surface area contributed by atoms with Crippen molar-refractivity contribution >= 4 is 27.8 Å². The molecule has 0 aliphatic rings. The van der Waals surface area contributed by atoms with Crippen molar-refractivity contribution in [3.8, 4) is 11.5 Å². The average Bonchev–Trinajstić information content (AvgIpc) is 2.59. The lowest BCUT2D eigenvalue weighted by molar-refractivity contribution is -0.131. The predicted molar refractivity (Wildman–Crippen MR) is 93.5 cm³/mol. The van der Waals surface area contributed by atoms with Crippen molar-refractivity contribution in [2.75, 3.05) is 18.9 Å². The molecule has 0 bridgehead atoms. The third kappa shape index (κ3) is 4.51. The van der Waals surface area contributed by atoms with Crippen LogP contribution in [0.15, 0.2) is 53.4 Å². The fourth-order valence-corrected chi connectivity index (χ4v) is 3.19. The largest absolute Gasteiger partial charge is 0.493 e. The molecule has 0 atom stereocenters. The van der Waals surface area contributed by atoms with Gasteiger partial charge in [0, 0.05) is 12.1 Å². The molecule has 0 amide bonds. The van der Waals surface area contributed by atoms with Crippen LogP contribution in [-0.2, 0) is 14.8 Å². The number of carbonyl (C=O) groups is 1. The first-order valence-electron chi connectivity index (χ1n) is 7.12. The van der Waals surface area contributed by atoms with Gasteiger partial charge in [-0.2, -0.15) is 0 Å². The normalized spacial score (nSPS) is 11.3. The second kappa shape index (κ2) is 7.71. The molecular weight excluding hydrogens is 346 g/mol. The summed E-state index contributed by atoms with van der Waals surface area (Å²) in [6, 6.07) is 10.7. The minimum atomic E-state index is -3.90. The van der Waals surface area contributed by atoms with Crippen molar-refractivity contribution in [2.45, 2.75) is 4.90 Å². The van der Waals surface area contributed by atoms with Crippen molar-refractivity contribution in [1.29, 1.82) is 0 Å². The van der Waals surface area contributed by atoms with E-state index >= 15 is 0 Å². The Hall–Kier alpha value is -3.00. The van der Waals surface area contributed by atoms with Gasteiger partial charge in [0.05, 0.1) is 24.8 Å². The van der Waals surface area contributed by atoms with Gasteiger partial charge < -0.3 is 14.6 Å². The monoisotopic (exact) mass is 363 g/mol. The van der Waals surface area contributed by atoms with Crippen LogP contribution in [0.5, 0.6) is 11.5 Å². The highest BCUT2D eigenvalue weighted by Crippen LogP contribution is 2.30. The number of para-hydroxylation sites is 1. The van der Waals surface area contributed by atoms with Crippen LogP contribution in [0.4, 0.5) is 5.69 Å². The standard InChI is InChI=1S/C17H17NO6S/c1-23-15-9-8-13(11-16(15)24-2)25(21,22)18-14-6-4-3-5-12(14)7-10-17(19)20/h3-11,18H,1-2H3,(H,19,20). The van der Waals surface area contributed by atoms with Crippen LogP contribution in [0.25, 0.3) is 6.08 Å². The van der Waals surface area contributed by atoms with Gasteiger partial charge in [-0.1, -0.05) is 18.2 Å². The smallest absolute Gasteiger partial charge is 0.328 e. The number of nitrogens with one attached hydrogen (secondary N) is 1. The fraction of sp³-hybridized carbons (Fsp3) is 0.118. The first kappa shape index (κ1) is 18.3. The van der Waals surface area contributed by atoms with E-state index in [9.17, 15) is 13.2 Å². The highest BCUT2D eigenvalue weighted by Gasteiger charge is 2.18. The number of benzene rings is 2. The van der Waals surface area contributed by atoms with E-state index in [1.165, 1.54) is 38.5 Å². The Labute approximate surface area is 145 Å². The van der Waals surface area contributed by atoms with Crippen molar-refractivity contribution in [2.24, 2.45) is 0 Å². The molecule has 0 unspecified atom stereocenters. The van der Waals surface area contributed by atoms with E-state index in [0.29, 0.717) is 11.3 Å². The van der Waals surface area contributed by atoms with E-state index in [4.69, 9.17) is 14.6 Å². The molecule has 0 saturated heterocycles. The van der Waals surface area contributed by atoms with Crippen LogP contribution in [0.1, 0.15) is 5.56 Å². The predicted octanol–water partition coefficient (Wildman–Crippen LogP) is 2.60. The van der Waals surface area contributed by atoms with E-state index in [1.807, 2.05) is 0 Å². The number of hydrogen-bond acceptors (Lipinski definition) is 5. The Morgan fingerprint density at radius 2 is 1.76 bits per heavy atom. The van der Waals surface area contributed by atoms with Crippen LogP contribution < -0.4 is 14.2 Å². The van der Waals surface area contributed by atoms with E-state index in [-0.39, 0.29) is 16.3 Å². The zero-order valence-electron chi connectivity index (χ0n) is 13.6. The fourth-order valence-electron chi connectivity index (χ4n) is 2.08. The maximum atomic E-state index is 12.6. The minimum Gasteiger partial charge on any atom is -0.493 e. The second-order valence-corrected chi connectivity index (χ2v) is 6.56. The van der Waals surface area contributed by atoms with E-state index in [0.717, 1.165) is 6.08 Å². The number of rotatable bonds is 7. The molecule has 8 heteroatoms. The molecule has 0 fully saturated rings. The highest BCUT2D eigenvalue weighted by atomic mass is 32.2. The number of ether oxygens (including phenoxy) is 2. The van der Waals surface area contributed by atoms with Crippen molar-refractivity contribution < 1.29 is 27.8 Å². The molecule has 0 aromatic heterocycles. The van der Waals surface area contributed by atoms with E-state index < -0.39 is 16.0 Å². The van der Waals surface area contributed by atoms with E-state index in [1.54, 1.807) is 24.3 Å². The summed E-state index contributed by atoms with van der Waals surface area (Å²) in [5.41, 5.74) is 0.684. The van der Waals surface area contributed by atoms with E-state index in [2.05, 4.69) is 4.72 Å². The molecule has 0 aliphatic heterocycles. The van der Waals surface area contributed by atoms with Crippen LogP contribution in [0, 0.1) is 0 Å². The van der Waals surface area contributed by atoms with Crippen LogP contribution in [0.2, 0.25) is 0 Å². The molecule has 0 heterocycles. The third-order valence-corrected chi connectivity index (χ3v) is 4.64. The minimum absolute atomic E-state index is 0.0119. The Balaban J connectivity index is 2.38. The van der Waals surface area contributed by atoms with Crippen molar-refractivity contribution in [1.82, 2.24) is 0 Å². The number of anilines is 1. The zero-order valence-corrected chi connectivity index (χ0v) is 14.4. The topological polar surface area (TPSA) is 102 Å². The Bertz CT molecular complexity index is 905. The summed E-state index contributed by atoms with van der Waals surface area (Å²) >= 11 is 0. The maximum Gasteiger partial charge on any atom is 0.328 e. The van der Waals surface area contributed by atoms with Gasteiger partial charge in [-0.05, 0) is 29.8 Å². The Kier molecular flexibility index (Phi) is 5.66. The molecule has 0 spiro atoms. The van der Waals surface area contributed by atoms with Gasteiger partial charge >= 0.3 is 5.97 Å². The molecule has 0 radical (unpaired) electrons. The molecule has 132 valence electrons. The van der Waals surface area contributed by atoms with Gasteiger partial charge in [0.15, 0.2) is 11.5 Å². The van der Waals surface area contributed by atoms with Crippen molar-refractivity contribution in [3.05, 3.63) is 54.1 Å². The average molecular weight is 363 g/mol. The maximum absolute atomic E-state index is 12.6. The number of sulfonamides is 1. The molecular formula is C17H17NO6S. The summed E-state index contributed by atoms with van der Waals surface area (Å²) in [7, 11) is -1.03. The number of methoxy groups -OCH3 is 2. The summed E-state index contributed by atoms with van der Waals surface area (Å²) in [6.45, 7) is 0. The Morgan fingerprint density at radius 1 is 1.08 bits per heavy atom. The molecule has 7 nitrogen and oxygen atoms in total. The summed E-state index contributed by atoms with van der Waals surface area (Å²) in [6.07, 6.45) is 2.25. The summed E-state index contributed by atoms with van der Waals surface area (Å²) in [5, 5.41) is 8.73. The molecule has 2 aromatic rings. The lowest BCUT2D eigenvalue weighted by Gasteiger charge is -2.13. The van der Waals surface area contributed by atoms with Crippen LogP contribution in [-0.4, -0.2) is 33.7 Å². The van der Waals surface area contributed by atoms with Crippen LogP contribution >= 0.6 is 0 Å². The highest BCUT2D eigenvalue weighted by molar-refractivity contribution is 7.92. The molecule has 2 rings (SSSR count). The lowest BCUT2D eigenvalue weighted by atomic mass is 10.2. The van der Waals surface area contributed by atoms with Crippen LogP contribution in [0.3, 0.4) is 0 Å². The van der Waals surface area contributed by atoms with Crippen molar-refractivity contribution in [3.63, 3.8) is 0 Å². The van der Waals surface area contributed by atoms with Gasteiger partial charge in [0.2, 0.25) is 0 Å². The summed E-state index contributed by atoms with van der Waals surface area (Å²) in [5.74, 6) is -0.437. The van der Waals surface area contributed by atoms with Gasteiger partial charge in [0.25, 0.3) is 10.0 Å². The summed E-state index contributed by atoms with van der Waals surface area (Å²) < 4.78 is 37.9. The zero-order chi connectivity index (χ0) is 18.4. The number of carboxylic acids is 1. The first-order chi connectivity index (χ1) is 11.9. The second-order valence-electron chi connectivity index (χ2n) is 4.88. The van der Waals surface area contributed by atoms with Gasteiger partial charge in [-0.25, -0.2) is 13.2 Å². The molecule has 2 aromatic carbocycles.